The van der Waals surface area contributed by atoms with Crippen LogP contribution in [0.4, 0.5) is 5.13 Å². The highest BCUT2D eigenvalue weighted by Gasteiger charge is 2.40. The number of carbonyl (C=O) groups is 1. The van der Waals surface area contributed by atoms with Crippen molar-refractivity contribution in [3.63, 3.8) is 0 Å². The standard InChI is InChI=1S/C16H25N3OS/c1-11-6-8-16(10-17,9-7-11)14(20)19-15-18-12-4-2-3-5-13(12)21-15/h11H,2-10,17H2,1H3,(H,18,19,20). The first-order valence-corrected chi connectivity index (χ1v) is 8.95. The first kappa shape index (κ1) is 15.0. The van der Waals surface area contributed by atoms with E-state index < -0.39 is 0 Å². The monoisotopic (exact) mass is 307 g/mol. The van der Waals surface area contributed by atoms with E-state index in [1.165, 1.54) is 23.4 Å². The molecule has 0 aromatic carbocycles. The number of amides is 1. The molecule has 1 aromatic rings. The number of aromatic nitrogens is 1. The van der Waals surface area contributed by atoms with E-state index in [-0.39, 0.29) is 11.3 Å². The summed E-state index contributed by atoms with van der Waals surface area (Å²) in [4.78, 5) is 18.7. The van der Waals surface area contributed by atoms with Gasteiger partial charge < -0.3 is 11.1 Å². The summed E-state index contributed by atoms with van der Waals surface area (Å²) >= 11 is 1.65. The lowest BCUT2D eigenvalue weighted by molar-refractivity contribution is -0.127. The molecule has 0 radical (unpaired) electrons. The van der Waals surface area contributed by atoms with Crippen LogP contribution in [0.5, 0.6) is 0 Å². The van der Waals surface area contributed by atoms with Crippen LogP contribution in [0, 0.1) is 11.3 Å². The van der Waals surface area contributed by atoms with Crippen LogP contribution in [0.1, 0.15) is 56.0 Å². The Bertz CT molecular complexity index is 494. The van der Waals surface area contributed by atoms with Gasteiger partial charge in [0.15, 0.2) is 5.13 Å². The van der Waals surface area contributed by atoms with Crippen molar-refractivity contribution in [2.75, 3.05) is 11.9 Å². The first-order chi connectivity index (χ1) is 10.1. The lowest BCUT2D eigenvalue weighted by Gasteiger charge is -2.36. The first-order valence-electron chi connectivity index (χ1n) is 8.13. The van der Waals surface area contributed by atoms with Gasteiger partial charge in [-0.25, -0.2) is 4.98 Å². The maximum absolute atomic E-state index is 12.7. The van der Waals surface area contributed by atoms with E-state index in [1.807, 2.05) is 0 Å². The third-order valence-electron chi connectivity index (χ3n) is 5.17. The molecule has 116 valence electrons. The Morgan fingerprint density at radius 3 is 2.76 bits per heavy atom. The average molecular weight is 307 g/mol. The molecule has 2 aliphatic rings. The predicted molar refractivity (Wildman–Crippen MR) is 86.5 cm³/mol. The van der Waals surface area contributed by atoms with Gasteiger partial charge in [0.1, 0.15) is 0 Å². The van der Waals surface area contributed by atoms with E-state index in [0.717, 1.165) is 43.7 Å². The summed E-state index contributed by atoms with van der Waals surface area (Å²) in [5, 5.41) is 3.84. The van der Waals surface area contributed by atoms with E-state index in [1.54, 1.807) is 11.3 Å². The summed E-state index contributed by atoms with van der Waals surface area (Å²) in [5.74, 6) is 0.799. The van der Waals surface area contributed by atoms with Gasteiger partial charge in [0.2, 0.25) is 5.91 Å². The Balaban J connectivity index is 1.71. The van der Waals surface area contributed by atoms with Crippen LogP contribution in [-0.2, 0) is 17.6 Å². The summed E-state index contributed by atoms with van der Waals surface area (Å²) in [6.07, 6.45) is 8.63. The average Bonchev–Trinajstić information content (AvgIpc) is 2.90. The van der Waals surface area contributed by atoms with Crippen molar-refractivity contribution in [2.45, 2.75) is 58.3 Å². The minimum Gasteiger partial charge on any atom is -0.329 e. The molecule has 0 bridgehead atoms. The summed E-state index contributed by atoms with van der Waals surface area (Å²) < 4.78 is 0. The van der Waals surface area contributed by atoms with Gasteiger partial charge in [0.25, 0.3) is 0 Å². The molecule has 0 saturated heterocycles. The Morgan fingerprint density at radius 2 is 2.10 bits per heavy atom. The number of nitrogens with zero attached hydrogens (tertiary/aromatic N) is 1. The molecule has 0 unspecified atom stereocenters. The zero-order valence-electron chi connectivity index (χ0n) is 12.8. The fourth-order valence-electron chi connectivity index (χ4n) is 3.47. The van der Waals surface area contributed by atoms with Gasteiger partial charge in [0, 0.05) is 11.4 Å². The molecule has 1 fully saturated rings. The lowest BCUT2D eigenvalue weighted by atomic mass is 9.70. The van der Waals surface area contributed by atoms with Gasteiger partial charge in [-0.15, -0.1) is 11.3 Å². The summed E-state index contributed by atoms with van der Waals surface area (Å²) in [5.41, 5.74) is 6.78. The van der Waals surface area contributed by atoms with Crippen LogP contribution in [-0.4, -0.2) is 17.4 Å². The van der Waals surface area contributed by atoms with Gasteiger partial charge in [-0.2, -0.15) is 0 Å². The molecule has 5 heteroatoms. The second kappa shape index (κ2) is 6.05. The van der Waals surface area contributed by atoms with Crippen molar-refractivity contribution in [1.29, 1.82) is 0 Å². The van der Waals surface area contributed by atoms with Gasteiger partial charge in [-0.1, -0.05) is 6.92 Å². The number of hydrogen-bond donors (Lipinski definition) is 2. The highest BCUT2D eigenvalue weighted by molar-refractivity contribution is 7.15. The highest BCUT2D eigenvalue weighted by atomic mass is 32.1. The molecule has 1 heterocycles. The maximum atomic E-state index is 12.7. The van der Waals surface area contributed by atoms with Crippen molar-refractivity contribution in [3.8, 4) is 0 Å². The zero-order chi connectivity index (χ0) is 14.9. The van der Waals surface area contributed by atoms with Crippen LogP contribution in [0.15, 0.2) is 0 Å². The molecule has 1 aromatic heterocycles. The normalized spacial score (nSPS) is 29.0. The Hall–Kier alpha value is -0.940. The summed E-state index contributed by atoms with van der Waals surface area (Å²) in [6.45, 7) is 2.70. The minimum atomic E-state index is -0.376. The molecule has 0 atom stereocenters. The van der Waals surface area contributed by atoms with E-state index in [0.29, 0.717) is 12.5 Å². The zero-order valence-corrected chi connectivity index (χ0v) is 13.6. The lowest BCUT2D eigenvalue weighted by Crippen LogP contribution is -2.44. The number of aryl methyl sites for hydroxylation is 2. The number of nitrogens with one attached hydrogen (secondary N) is 1. The highest BCUT2D eigenvalue weighted by Crippen LogP contribution is 2.39. The fraction of sp³-hybridized carbons (Fsp3) is 0.750. The van der Waals surface area contributed by atoms with E-state index in [4.69, 9.17) is 5.73 Å². The number of carbonyl (C=O) groups excluding carboxylic acids is 1. The second-order valence-electron chi connectivity index (χ2n) is 6.72. The largest absolute Gasteiger partial charge is 0.329 e. The molecule has 1 amide bonds. The fourth-order valence-corrected chi connectivity index (χ4v) is 4.52. The molecule has 0 aliphatic heterocycles. The number of anilines is 1. The van der Waals surface area contributed by atoms with Crippen LogP contribution in [0.2, 0.25) is 0 Å². The molecule has 3 rings (SSSR count). The number of rotatable bonds is 3. The van der Waals surface area contributed by atoms with Crippen LogP contribution >= 0.6 is 11.3 Å². The molecule has 1 saturated carbocycles. The van der Waals surface area contributed by atoms with Crippen molar-refractivity contribution in [3.05, 3.63) is 10.6 Å². The second-order valence-corrected chi connectivity index (χ2v) is 7.80. The minimum absolute atomic E-state index is 0.0861. The molecule has 0 spiro atoms. The van der Waals surface area contributed by atoms with E-state index in [2.05, 4.69) is 17.2 Å². The van der Waals surface area contributed by atoms with Crippen LogP contribution in [0.3, 0.4) is 0 Å². The van der Waals surface area contributed by atoms with Crippen LogP contribution in [0.25, 0.3) is 0 Å². The van der Waals surface area contributed by atoms with E-state index >= 15 is 0 Å². The van der Waals surface area contributed by atoms with Crippen LogP contribution < -0.4 is 11.1 Å². The van der Waals surface area contributed by atoms with Gasteiger partial charge in [0.05, 0.1) is 11.1 Å². The Labute approximate surface area is 130 Å². The van der Waals surface area contributed by atoms with Gasteiger partial charge in [-0.05, 0) is 57.3 Å². The molecule has 4 nitrogen and oxygen atoms in total. The summed E-state index contributed by atoms with van der Waals surface area (Å²) in [7, 11) is 0. The smallest absolute Gasteiger partial charge is 0.233 e. The van der Waals surface area contributed by atoms with Gasteiger partial charge in [-0.3, -0.25) is 4.79 Å². The molecule has 2 aliphatic carbocycles. The quantitative estimate of drug-likeness (QED) is 0.901. The SMILES string of the molecule is CC1CCC(CN)(C(=O)Nc2nc3c(s2)CCCC3)CC1. The molecule has 21 heavy (non-hydrogen) atoms. The van der Waals surface area contributed by atoms with Crippen molar-refractivity contribution >= 4 is 22.4 Å². The number of thiazole rings is 1. The number of hydrogen-bond acceptors (Lipinski definition) is 4. The number of nitrogens with two attached hydrogens (primary N) is 1. The predicted octanol–water partition coefficient (Wildman–Crippen LogP) is 3.12. The Kier molecular flexibility index (Phi) is 4.31. The van der Waals surface area contributed by atoms with E-state index in [9.17, 15) is 4.79 Å². The van der Waals surface area contributed by atoms with Crippen molar-refractivity contribution in [2.24, 2.45) is 17.1 Å². The molecule has 3 N–H and O–H groups in total. The Morgan fingerprint density at radius 1 is 1.38 bits per heavy atom. The summed E-state index contributed by atoms with van der Waals surface area (Å²) in [6, 6.07) is 0. The third kappa shape index (κ3) is 2.99. The van der Waals surface area contributed by atoms with Crippen molar-refractivity contribution in [1.82, 2.24) is 4.98 Å². The third-order valence-corrected chi connectivity index (χ3v) is 6.24. The molecular weight excluding hydrogens is 282 g/mol. The van der Waals surface area contributed by atoms with Gasteiger partial charge >= 0.3 is 0 Å². The number of fused-ring (bicyclic) bond motifs is 1. The topological polar surface area (TPSA) is 68.0 Å². The van der Waals surface area contributed by atoms with Crippen molar-refractivity contribution < 1.29 is 4.79 Å². The molecular formula is C16H25N3OS. The maximum Gasteiger partial charge on any atom is 0.233 e.